The molecule has 0 aliphatic heterocycles. The van der Waals surface area contributed by atoms with Crippen LogP contribution < -0.4 is 0 Å². The van der Waals surface area contributed by atoms with Crippen molar-refractivity contribution in [3.8, 4) is 62.1 Å². The van der Waals surface area contributed by atoms with Gasteiger partial charge < -0.3 is 4.57 Å². The molecule has 3 heterocycles. The number of aromatic nitrogens is 4. The lowest BCUT2D eigenvalue weighted by atomic mass is 9.91. The van der Waals surface area contributed by atoms with E-state index in [0.29, 0.717) is 17.5 Å². The van der Waals surface area contributed by atoms with E-state index in [1.54, 1.807) is 0 Å². The van der Waals surface area contributed by atoms with E-state index in [0.717, 1.165) is 22.4 Å². The second kappa shape index (κ2) is 13.3. The van der Waals surface area contributed by atoms with Gasteiger partial charge in [-0.05, 0) is 58.7 Å². The Kier molecular flexibility index (Phi) is 7.64. The van der Waals surface area contributed by atoms with E-state index in [2.05, 4.69) is 138 Å². The molecule has 0 bridgehead atoms. The van der Waals surface area contributed by atoms with Crippen molar-refractivity contribution >= 4 is 53.3 Å². The summed E-state index contributed by atoms with van der Waals surface area (Å²) in [6.07, 6.45) is 0. The number of hydrogen-bond acceptors (Lipinski definition) is 4. The van der Waals surface area contributed by atoms with Crippen LogP contribution >= 0.6 is 11.3 Å². The number of thiophene rings is 1. The molecule has 262 valence electrons. The van der Waals surface area contributed by atoms with Gasteiger partial charge in [0.2, 0.25) is 0 Å². The zero-order chi connectivity index (χ0) is 37.0. The molecule has 0 N–H and O–H groups in total. The third-order valence-electron chi connectivity index (χ3n) is 10.7. The normalized spacial score (nSPS) is 11.6. The average molecular weight is 733 g/mol. The standard InChI is InChI=1S/C51H32N4S/c1-4-15-33(16-5-1)49-52-50(34-17-6-2-7-18-34)54-51(53-49)36-28-30-41-40-29-27-35(31-46(40)56-47(41)32-36)38-21-10-11-22-39(38)42-24-14-26-45-48(42)43-23-12-13-25-44(43)55(45)37-19-8-3-9-20-37/h1-32H. The minimum Gasteiger partial charge on any atom is -0.309 e. The van der Waals surface area contributed by atoms with E-state index in [1.165, 1.54) is 64.2 Å². The molecule has 0 fully saturated rings. The summed E-state index contributed by atoms with van der Waals surface area (Å²) in [6, 6.07) is 68.7. The Morgan fingerprint density at radius 3 is 1.52 bits per heavy atom. The molecule has 5 heteroatoms. The maximum Gasteiger partial charge on any atom is 0.164 e. The van der Waals surface area contributed by atoms with Crippen LogP contribution in [0.2, 0.25) is 0 Å². The van der Waals surface area contributed by atoms with Gasteiger partial charge in [-0.25, -0.2) is 15.0 Å². The van der Waals surface area contributed by atoms with Crippen LogP contribution in [0.15, 0.2) is 194 Å². The van der Waals surface area contributed by atoms with E-state index < -0.39 is 0 Å². The monoisotopic (exact) mass is 732 g/mol. The van der Waals surface area contributed by atoms with Gasteiger partial charge in [0, 0.05) is 53.3 Å². The number of nitrogens with zero attached hydrogens (tertiary/aromatic N) is 4. The van der Waals surface area contributed by atoms with Crippen LogP contribution in [0.3, 0.4) is 0 Å². The molecule has 0 aliphatic rings. The van der Waals surface area contributed by atoms with Crippen molar-refractivity contribution in [2.45, 2.75) is 0 Å². The summed E-state index contributed by atoms with van der Waals surface area (Å²) in [6.45, 7) is 0. The smallest absolute Gasteiger partial charge is 0.164 e. The van der Waals surface area contributed by atoms with Crippen molar-refractivity contribution in [1.29, 1.82) is 0 Å². The zero-order valence-electron chi connectivity index (χ0n) is 30.2. The van der Waals surface area contributed by atoms with Gasteiger partial charge >= 0.3 is 0 Å². The van der Waals surface area contributed by atoms with Crippen LogP contribution in [0.1, 0.15) is 0 Å². The molecule has 56 heavy (non-hydrogen) atoms. The van der Waals surface area contributed by atoms with E-state index in [1.807, 2.05) is 72.0 Å². The second-order valence-electron chi connectivity index (χ2n) is 14.0. The molecule has 0 saturated heterocycles. The summed E-state index contributed by atoms with van der Waals surface area (Å²) < 4.78 is 4.83. The lowest BCUT2D eigenvalue weighted by molar-refractivity contribution is 1.07. The highest BCUT2D eigenvalue weighted by atomic mass is 32.1. The molecule has 0 unspecified atom stereocenters. The van der Waals surface area contributed by atoms with Crippen molar-refractivity contribution in [3.63, 3.8) is 0 Å². The summed E-state index contributed by atoms with van der Waals surface area (Å²) in [7, 11) is 0. The van der Waals surface area contributed by atoms with Gasteiger partial charge in [-0.3, -0.25) is 0 Å². The average Bonchev–Trinajstić information content (AvgIpc) is 3.82. The second-order valence-corrected chi connectivity index (χ2v) is 15.1. The van der Waals surface area contributed by atoms with Crippen LogP contribution in [-0.2, 0) is 0 Å². The van der Waals surface area contributed by atoms with Crippen molar-refractivity contribution in [3.05, 3.63) is 194 Å². The van der Waals surface area contributed by atoms with Gasteiger partial charge in [0.15, 0.2) is 17.5 Å². The zero-order valence-corrected chi connectivity index (χ0v) is 31.0. The molecular weight excluding hydrogens is 701 g/mol. The molecule has 3 aromatic heterocycles. The summed E-state index contributed by atoms with van der Waals surface area (Å²) in [4.78, 5) is 14.9. The third kappa shape index (κ3) is 5.40. The molecule has 0 saturated carbocycles. The highest BCUT2D eigenvalue weighted by molar-refractivity contribution is 7.25. The summed E-state index contributed by atoms with van der Waals surface area (Å²) >= 11 is 1.81. The number of fused-ring (bicyclic) bond motifs is 6. The highest BCUT2D eigenvalue weighted by Gasteiger charge is 2.19. The molecular formula is C51H32N4S. The van der Waals surface area contributed by atoms with Crippen LogP contribution in [0.5, 0.6) is 0 Å². The fourth-order valence-electron chi connectivity index (χ4n) is 8.09. The molecule has 11 rings (SSSR count). The minimum atomic E-state index is 0.662. The first-order valence-electron chi connectivity index (χ1n) is 18.8. The fourth-order valence-corrected chi connectivity index (χ4v) is 9.27. The van der Waals surface area contributed by atoms with Gasteiger partial charge in [0.05, 0.1) is 11.0 Å². The topological polar surface area (TPSA) is 43.6 Å². The predicted octanol–water partition coefficient (Wildman–Crippen LogP) is 13.7. The van der Waals surface area contributed by atoms with E-state index in [4.69, 9.17) is 15.0 Å². The van der Waals surface area contributed by atoms with Crippen LogP contribution in [0.4, 0.5) is 0 Å². The molecule has 4 nitrogen and oxygen atoms in total. The molecule has 0 atom stereocenters. The largest absolute Gasteiger partial charge is 0.309 e. The number of rotatable bonds is 6. The van der Waals surface area contributed by atoms with Gasteiger partial charge in [-0.15, -0.1) is 11.3 Å². The fraction of sp³-hybridized carbons (Fsp3) is 0. The van der Waals surface area contributed by atoms with Crippen molar-refractivity contribution in [2.24, 2.45) is 0 Å². The Labute approximate surface area is 327 Å². The first-order chi connectivity index (χ1) is 27.8. The van der Waals surface area contributed by atoms with Crippen LogP contribution in [-0.4, -0.2) is 19.5 Å². The molecule has 8 aromatic carbocycles. The first-order valence-corrected chi connectivity index (χ1v) is 19.6. The number of hydrogen-bond donors (Lipinski definition) is 0. The Morgan fingerprint density at radius 1 is 0.339 bits per heavy atom. The Balaban J connectivity index is 1.03. The molecule has 11 aromatic rings. The lowest BCUT2D eigenvalue weighted by Crippen LogP contribution is -1.99. The highest BCUT2D eigenvalue weighted by Crippen LogP contribution is 2.44. The number of para-hydroxylation sites is 2. The number of benzene rings is 8. The molecule has 0 radical (unpaired) electrons. The van der Waals surface area contributed by atoms with E-state index >= 15 is 0 Å². The van der Waals surface area contributed by atoms with Gasteiger partial charge in [0.25, 0.3) is 0 Å². The molecule has 0 aliphatic carbocycles. The van der Waals surface area contributed by atoms with Crippen molar-refractivity contribution in [2.75, 3.05) is 0 Å². The van der Waals surface area contributed by atoms with Gasteiger partial charge in [-0.2, -0.15) is 0 Å². The lowest BCUT2D eigenvalue weighted by Gasteiger charge is -2.13. The Bertz CT molecular complexity index is 3180. The SMILES string of the molecule is c1ccc(-c2nc(-c3ccccc3)nc(-c3ccc4c(c3)sc3cc(-c5ccccc5-c5cccc6c5c5ccccc5n6-c5ccccc5)ccc34)n2)cc1. The molecule has 0 spiro atoms. The maximum absolute atomic E-state index is 4.99. The van der Waals surface area contributed by atoms with Gasteiger partial charge in [0.1, 0.15) is 0 Å². The predicted molar refractivity (Wildman–Crippen MR) is 234 cm³/mol. The van der Waals surface area contributed by atoms with E-state index in [9.17, 15) is 0 Å². The van der Waals surface area contributed by atoms with Crippen molar-refractivity contribution in [1.82, 2.24) is 19.5 Å². The quantitative estimate of drug-likeness (QED) is 0.171. The Hall–Kier alpha value is -7.21. The Morgan fingerprint density at radius 2 is 0.839 bits per heavy atom. The van der Waals surface area contributed by atoms with Crippen LogP contribution in [0.25, 0.3) is 104 Å². The minimum absolute atomic E-state index is 0.662. The van der Waals surface area contributed by atoms with Crippen LogP contribution in [0, 0.1) is 0 Å². The summed E-state index contributed by atoms with van der Waals surface area (Å²) in [5, 5.41) is 4.99. The third-order valence-corrected chi connectivity index (χ3v) is 11.8. The summed E-state index contributed by atoms with van der Waals surface area (Å²) in [5.74, 6) is 1.98. The maximum atomic E-state index is 4.99. The van der Waals surface area contributed by atoms with Gasteiger partial charge in [-0.1, -0.05) is 158 Å². The first kappa shape index (κ1) is 32.2. The van der Waals surface area contributed by atoms with Crippen molar-refractivity contribution < 1.29 is 0 Å². The summed E-state index contributed by atoms with van der Waals surface area (Å²) in [5.41, 5.74) is 11.3. The van der Waals surface area contributed by atoms with E-state index in [-0.39, 0.29) is 0 Å². The molecule has 0 amide bonds.